The number of sulfonamides is 1. The van der Waals surface area contributed by atoms with Crippen LogP contribution in [0.3, 0.4) is 0 Å². The number of hydrogen-bond acceptors (Lipinski definition) is 7. The van der Waals surface area contributed by atoms with E-state index in [-0.39, 0.29) is 22.4 Å². The fraction of sp³-hybridized carbons (Fsp3) is 0.158. The number of halogens is 1. The van der Waals surface area contributed by atoms with Crippen LogP contribution in [0, 0.1) is 0 Å². The molecule has 1 amide bonds. The molecular weight excluding hydrogens is 450 g/mol. The van der Waals surface area contributed by atoms with Crippen molar-refractivity contribution in [3.8, 4) is 11.5 Å². The molecule has 158 valence electrons. The van der Waals surface area contributed by atoms with Crippen molar-refractivity contribution >= 4 is 49.7 Å². The van der Waals surface area contributed by atoms with E-state index in [4.69, 9.17) is 21.1 Å². The molecule has 8 nitrogen and oxygen atoms in total. The average molecular weight is 468 g/mol. The molecule has 1 heterocycles. The fourth-order valence-electron chi connectivity index (χ4n) is 2.51. The van der Waals surface area contributed by atoms with Gasteiger partial charge in [-0.25, -0.2) is 13.4 Å². The molecule has 2 N–H and O–H groups in total. The molecule has 11 heteroatoms. The maximum atomic E-state index is 12.4. The van der Waals surface area contributed by atoms with Gasteiger partial charge in [0.15, 0.2) is 16.6 Å². The summed E-state index contributed by atoms with van der Waals surface area (Å²) in [5.74, 6) is 0.732. The number of methoxy groups -OCH3 is 2. The first kappa shape index (κ1) is 21.9. The largest absolute Gasteiger partial charge is 0.493 e. The van der Waals surface area contributed by atoms with E-state index in [0.717, 1.165) is 11.3 Å². The van der Waals surface area contributed by atoms with Crippen LogP contribution in [-0.2, 0) is 21.2 Å². The van der Waals surface area contributed by atoms with Gasteiger partial charge in [-0.15, -0.1) is 11.3 Å². The Kier molecular flexibility index (Phi) is 6.80. The summed E-state index contributed by atoms with van der Waals surface area (Å²) in [6.45, 7) is 0. The summed E-state index contributed by atoms with van der Waals surface area (Å²) in [6, 6.07) is 10.8. The summed E-state index contributed by atoms with van der Waals surface area (Å²) in [6.07, 6.45) is -0.0203. The van der Waals surface area contributed by atoms with Crippen LogP contribution < -0.4 is 19.5 Å². The first-order valence-corrected chi connectivity index (χ1v) is 11.3. The molecule has 0 fully saturated rings. The number of carbonyl (C=O) groups is 1. The molecule has 1 aromatic heterocycles. The summed E-state index contributed by atoms with van der Waals surface area (Å²) >= 11 is 6.88. The molecule has 0 aliphatic heterocycles. The number of amides is 1. The van der Waals surface area contributed by atoms with Crippen LogP contribution in [0.25, 0.3) is 0 Å². The number of nitrogens with zero attached hydrogens (tertiary/aromatic N) is 1. The maximum Gasteiger partial charge on any atom is 0.263 e. The van der Waals surface area contributed by atoms with Crippen LogP contribution in [0.5, 0.6) is 11.5 Å². The Bertz CT molecular complexity index is 1150. The molecule has 0 spiro atoms. The lowest BCUT2D eigenvalue weighted by Gasteiger charge is -2.10. The van der Waals surface area contributed by atoms with E-state index in [1.165, 1.54) is 38.5 Å². The lowest BCUT2D eigenvalue weighted by atomic mass is 10.2. The van der Waals surface area contributed by atoms with E-state index < -0.39 is 10.0 Å². The van der Waals surface area contributed by atoms with Crippen LogP contribution in [0.15, 0.2) is 52.7 Å². The van der Waals surface area contributed by atoms with Crippen LogP contribution in [0.1, 0.15) is 5.69 Å². The molecule has 0 aliphatic carbocycles. The molecule has 0 saturated carbocycles. The number of hydrogen-bond donors (Lipinski definition) is 2. The summed E-state index contributed by atoms with van der Waals surface area (Å²) in [5.41, 5.74) is 0.975. The van der Waals surface area contributed by atoms with Gasteiger partial charge in [-0.05, 0) is 36.4 Å². The topological polar surface area (TPSA) is 107 Å². The van der Waals surface area contributed by atoms with Gasteiger partial charge >= 0.3 is 0 Å². The SMILES string of the molecule is COc1ccc(NC(=O)Cc2csc(NS(=O)(=O)c3ccc(Cl)cc3)n2)cc1OC. The van der Waals surface area contributed by atoms with Gasteiger partial charge in [0.25, 0.3) is 10.0 Å². The second kappa shape index (κ2) is 9.33. The highest BCUT2D eigenvalue weighted by molar-refractivity contribution is 7.93. The van der Waals surface area contributed by atoms with Gasteiger partial charge in [0, 0.05) is 22.2 Å². The van der Waals surface area contributed by atoms with Crippen molar-refractivity contribution in [2.45, 2.75) is 11.3 Å². The number of rotatable bonds is 8. The Balaban J connectivity index is 1.64. The van der Waals surface area contributed by atoms with Gasteiger partial charge in [-0.3, -0.25) is 9.52 Å². The second-order valence-electron chi connectivity index (χ2n) is 6.00. The van der Waals surface area contributed by atoms with Crippen molar-refractivity contribution in [1.29, 1.82) is 0 Å². The van der Waals surface area contributed by atoms with E-state index in [0.29, 0.717) is 27.9 Å². The number of anilines is 2. The first-order chi connectivity index (χ1) is 14.3. The summed E-state index contributed by atoms with van der Waals surface area (Å²) in [7, 11) is -0.765. The molecule has 0 saturated heterocycles. The van der Waals surface area contributed by atoms with E-state index in [9.17, 15) is 13.2 Å². The fourth-order valence-corrected chi connectivity index (χ4v) is 4.60. The molecule has 0 atom stereocenters. The van der Waals surface area contributed by atoms with Crippen LogP contribution >= 0.6 is 22.9 Å². The number of nitrogens with one attached hydrogen (secondary N) is 2. The molecule has 3 aromatic rings. The van der Waals surface area contributed by atoms with Crippen molar-refractivity contribution in [2.24, 2.45) is 0 Å². The van der Waals surface area contributed by atoms with Gasteiger partial charge < -0.3 is 14.8 Å². The standard InChI is InChI=1S/C19H18ClN3O5S2/c1-27-16-8-5-13(9-17(16)28-2)21-18(24)10-14-11-29-19(22-14)23-30(25,26)15-6-3-12(20)4-7-15/h3-9,11H,10H2,1-2H3,(H,21,24)(H,22,23). The third-order valence-electron chi connectivity index (χ3n) is 3.91. The normalized spacial score (nSPS) is 11.0. The molecule has 30 heavy (non-hydrogen) atoms. The van der Waals surface area contributed by atoms with Crippen molar-refractivity contribution in [3.05, 3.63) is 58.6 Å². The third kappa shape index (κ3) is 5.41. The Morgan fingerprint density at radius 2 is 1.80 bits per heavy atom. The molecule has 0 bridgehead atoms. The van der Waals surface area contributed by atoms with Gasteiger partial charge in [0.1, 0.15) is 0 Å². The highest BCUT2D eigenvalue weighted by Crippen LogP contribution is 2.30. The lowest BCUT2D eigenvalue weighted by Crippen LogP contribution is -2.15. The molecule has 3 rings (SSSR count). The van der Waals surface area contributed by atoms with Crippen molar-refractivity contribution in [1.82, 2.24) is 4.98 Å². The Morgan fingerprint density at radius 1 is 1.10 bits per heavy atom. The molecule has 0 aliphatic rings. The highest BCUT2D eigenvalue weighted by Gasteiger charge is 2.17. The molecule has 0 unspecified atom stereocenters. The lowest BCUT2D eigenvalue weighted by molar-refractivity contribution is -0.115. The smallest absolute Gasteiger partial charge is 0.263 e. The number of carbonyl (C=O) groups excluding carboxylic acids is 1. The summed E-state index contributed by atoms with van der Waals surface area (Å²) < 4.78 is 37.6. The maximum absolute atomic E-state index is 12.4. The number of aromatic nitrogens is 1. The molecule has 2 aromatic carbocycles. The van der Waals surface area contributed by atoms with Gasteiger partial charge in [-0.2, -0.15) is 0 Å². The highest BCUT2D eigenvalue weighted by atomic mass is 35.5. The number of thiazole rings is 1. The van der Waals surface area contributed by atoms with E-state index in [1.54, 1.807) is 23.6 Å². The van der Waals surface area contributed by atoms with Crippen LogP contribution in [-0.4, -0.2) is 33.5 Å². The minimum atomic E-state index is -3.80. The van der Waals surface area contributed by atoms with Crippen molar-refractivity contribution in [2.75, 3.05) is 24.3 Å². The first-order valence-electron chi connectivity index (χ1n) is 8.55. The molecule has 0 radical (unpaired) electrons. The second-order valence-corrected chi connectivity index (χ2v) is 8.98. The summed E-state index contributed by atoms with van der Waals surface area (Å²) in [5, 5.41) is 4.96. The zero-order chi connectivity index (χ0) is 21.7. The van der Waals surface area contributed by atoms with E-state index in [2.05, 4.69) is 15.0 Å². The minimum Gasteiger partial charge on any atom is -0.493 e. The third-order valence-corrected chi connectivity index (χ3v) is 6.45. The monoisotopic (exact) mass is 467 g/mol. The number of ether oxygens (including phenoxy) is 2. The van der Waals surface area contributed by atoms with Crippen LogP contribution in [0.2, 0.25) is 5.02 Å². The molecular formula is C19H18ClN3O5S2. The minimum absolute atomic E-state index is 0.0203. The zero-order valence-corrected chi connectivity index (χ0v) is 18.4. The Morgan fingerprint density at radius 3 is 2.47 bits per heavy atom. The zero-order valence-electron chi connectivity index (χ0n) is 16.0. The van der Waals surface area contributed by atoms with Gasteiger partial charge in [-0.1, -0.05) is 11.6 Å². The van der Waals surface area contributed by atoms with Crippen molar-refractivity contribution in [3.63, 3.8) is 0 Å². The Labute approximate surface area is 182 Å². The van der Waals surface area contributed by atoms with E-state index in [1.807, 2.05) is 0 Å². The summed E-state index contributed by atoms with van der Waals surface area (Å²) in [4.78, 5) is 16.6. The van der Waals surface area contributed by atoms with Crippen LogP contribution in [0.4, 0.5) is 10.8 Å². The number of benzene rings is 2. The Hall–Kier alpha value is -2.82. The predicted octanol–water partition coefficient (Wildman–Crippen LogP) is 3.80. The van der Waals surface area contributed by atoms with Crippen molar-refractivity contribution < 1.29 is 22.7 Å². The van der Waals surface area contributed by atoms with Gasteiger partial charge in [0.05, 0.1) is 31.2 Å². The van der Waals surface area contributed by atoms with E-state index >= 15 is 0 Å². The van der Waals surface area contributed by atoms with Gasteiger partial charge in [0.2, 0.25) is 5.91 Å². The quantitative estimate of drug-likeness (QED) is 0.522. The predicted molar refractivity (Wildman–Crippen MR) is 116 cm³/mol. The average Bonchev–Trinajstić information content (AvgIpc) is 3.13.